The van der Waals surface area contributed by atoms with Crippen molar-refractivity contribution in [3.05, 3.63) is 23.7 Å². The van der Waals surface area contributed by atoms with Gasteiger partial charge in [0.25, 0.3) is 0 Å². The lowest BCUT2D eigenvalue weighted by atomic mass is 10.1. The average molecular weight is 184 g/mol. The number of rotatable bonds is 5. The summed E-state index contributed by atoms with van der Waals surface area (Å²) in [6.07, 6.45) is 4.17. The fourth-order valence-corrected chi connectivity index (χ4v) is 1.82. The lowest BCUT2D eigenvalue weighted by molar-refractivity contribution is 0.232. The van der Waals surface area contributed by atoms with Gasteiger partial charge in [0.15, 0.2) is 0 Å². The first kappa shape index (κ1) is 9.68. The molecular weight excluding hydrogens is 170 g/mol. The summed E-state index contributed by atoms with van der Waals surface area (Å²) in [7, 11) is 3.34. The largest absolute Gasteiger partial charge is 0.379 e. The molecule has 3 heteroatoms. The Labute approximate surface area is 77.6 Å². The van der Waals surface area contributed by atoms with Crippen LogP contribution in [0.3, 0.4) is 0 Å². The molecule has 0 saturated carbocycles. The molecule has 0 aliphatic rings. The Balaban J connectivity index is 2.25. The van der Waals surface area contributed by atoms with Gasteiger partial charge in [-0.3, -0.25) is 4.98 Å². The minimum atomic E-state index is 0.604. The minimum Gasteiger partial charge on any atom is -0.379 e. The number of hydrogen-bond donors (Lipinski definition) is 0. The second-order valence-corrected chi connectivity index (χ2v) is 3.77. The molecule has 0 aliphatic heterocycles. The summed E-state index contributed by atoms with van der Waals surface area (Å²) in [4.78, 5) is 5.41. The molecule has 0 aromatic carbocycles. The zero-order valence-electron chi connectivity index (χ0n) is 7.32. The van der Waals surface area contributed by atoms with Gasteiger partial charge >= 0.3 is 0 Å². The zero-order chi connectivity index (χ0) is 8.81. The van der Waals surface area contributed by atoms with Crippen molar-refractivity contribution in [2.45, 2.75) is 25.7 Å². The highest BCUT2D eigenvalue weighted by atomic mass is 32.1. The normalized spacial score (nSPS) is 13.2. The summed E-state index contributed by atoms with van der Waals surface area (Å²) < 4.78 is 4.75. The topological polar surface area (TPSA) is 22.1 Å². The summed E-state index contributed by atoms with van der Waals surface area (Å²) in [6, 6.07) is 0. The quantitative estimate of drug-likeness (QED) is 0.656. The third-order valence-electron chi connectivity index (χ3n) is 1.86. The first-order valence-corrected chi connectivity index (χ1v) is 4.98. The van der Waals surface area contributed by atoms with Crippen LogP contribution in [-0.2, 0) is 4.74 Å². The highest BCUT2D eigenvalue weighted by Crippen LogP contribution is 2.23. The van der Waals surface area contributed by atoms with Crippen LogP contribution in [0.4, 0.5) is 0 Å². The van der Waals surface area contributed by atoms with E-state index in [1.54, 1.807) is 11.3 Å². The molecule has 1 rings (SSSR count). The Hall–Kier alpha value is -0.410. The highest BCUT2D eigenvalue weighted by Gasteiger charge is 2.05. The molecule has 0 bridgehead atoms. The van der Waals surface area contributed by atoms with Gasteiger partial charge in [-0.1, -0.05) is 6.92 Å². The van der Waals surface area contributed by atoms with E-state index in [2.05, 4.69) is 19.0 Å². The van der Waals surface area contributed by atoms with Gasteiger partial charge in [-0.25, -0.2) is 0 Å². The fraction of sp³-hybridized carbons (Fsp3) is 0.556. The molecule has 0 amide bonds. The van der Waals surface area contributed by atoms with Gasteiger partial charge in [0.05, 0.1) is 12.6 Å². The average Bonchev–Trinajstić information content (AvgIpc) is 2.56. The molecule has 0 saturated heterocycles. The monoisotopic (exact) mass is 184 g/mol. The van der Waals surface area contributed by atoms with Gasteiger partial charge in [0.2, 0.25) is 0 Å². The third-order valence-corrected chi connectivity index (χ3v) is 2.87. The molecule has 1 unspecified atom stereocenters. The molecule has 1 heterocycles. The number of nitrogens with zero attached hydrogens (tertiary/aromatic N) is 1. The molecule has 1 atom stereocenters. The van der Waals surface area contributed by atoms with Gasteiger partial charge in [0, 0.05) is 17.7 Å². The maximum Gasteiger partial charge on any atom is 0.0794 e. The van der Waals surface area contributed by atoms with E-state index >= 15 is 0 Å². The zero-order valence-corrected chi connectivity index (χ0v) is 8.14. The van der Waals surface area contributed by atoms with Crippen molar-refractivity contribution in [2.24, 2.45) is 0 Å². The van der Waals surface area contributed by atoms with Gasteiger partial charge in [-0.2, -0.15) is 0 Å². The second-order valence-electron chi connectivity index (χ2n) is 2.86. The fourth-order valence-electron chi connectivity index (χ4n) is 1.10. The predicted octanol–water partition coefficient (Wildman–Crippen LogP) is 2.83. The standard InChI is InChI=1S/C9H14NOS/c1-8(4-3-5-11-2)9-6-10-7-12-9/h6-8H,2-5H2,1H3. The van der Waals surface area contributed by atoms with Crippen molar-refractivity contribution in [3.63, 3.8) is 0 Å². The van der Waals surface area contributed by atoms with Gasteiger partial charge in [-0.15, -0.1) is 11.3 Å². The van der Waals surface area contributed by atoms with Crippen LogP contribution in [0.5, 0.6) is 0 Å². The van der Waals surface area contributed by atoms with Crippen molar-refractivity contribution in [1.82, 2.24) is 4.98 Å². The molecule has 0 spiro atoms. The molecule has 1 aromatic heterocycles. The van der Waals surface area contributed by atoms with E-state index in [9.17, 15) is 0 Å². The summed E-state index contributed by atoms with van der Waals surface area (Å²) in [5, 5.41) is 0. The van der Waals surface area contributed by atoms with E-state index < -0.39 is 0 Å². The van der Waals surface area contributed by atoms with Crippen LogP contribution < -0.4 is 0 Å². The van der Waals surface area contributed by atoms with Crippen molar-refractivity contribution >= 4 is 11.3 Å². The van der Waals surface area contributed by atoms with Gasteiger partial charge in [0.1, 0.15) is 0 Å². The van der Waals surface area contributed by atoms with E-state index in [4.69, 9.17) is 4.74 Å². The van der Waals surface area contributed by atoms with Crippen LogP contribution in [0, 0.1) is 7.11 Å². The van der Waals surface area contributed by atoms with Crippen molar-refractivity contribution < 1.29 is 4.74 Å². The van der Waals surface area contributed by atoms with Crippen LogP contribution in [0.2, 0.25) is 0 Å². The Kier molecular flexibility index (Phi) is 4.25. The number of ether oxygens (including phenoxy) is 1. The third kappa shape index (κ3) is 2.91. The van der Waals surface area contributed by atoms with Gasteiger partial charge < -0.3 is 4.74 Å². The molecule has 0 aliphatic carbocycles. The summed E-state index contributed by atoms with van der Waals surface area (Å²) >= 11 is 1.72. The van der Waals surface area contributed by atoms with Crippen LogP contribution in [0.15, 0.2) is 11.7 Å². The Morgan fingerprint density at radius 1 is 1.75 bits per heavy atom. The summed E-state index contributed by atoms with van der Waals surface area (Å²) in [5.74, 6) is 0.604. The van der Waals surface area contributed by atoms with Crippen molar-refractivity contribution in [2.75, 3.05) is 6.61 Å². The van der Waals surface area contributed by atoms with Crippen LogP contribution in [-0.4, -0.2) is 11.6 Å². The smallest absolute Gasteiger partial charge is 0.0794 e. The Morgan fingerprint density at radius 2 is 2.58 bits per heavy atom. The molecule has 1 aromatic rings. The lowest BCUT2D eigenvalue weighted by Crippen LogP contribution is -1.93. The Bertz CT molecular complexity index is 198. The molecule has 2 nitrogen and oxygen atoms in total. The van der Waals surface area contributed by atoms with E-state index in [0.717, 1.165) is 19.4 Å². The molecule has 12 heavy (non-hydrogen) atoms. The molecular formula is C9H14NOS. The van der Waals surface area contributed by atoms with Crippen molar-refractivity contribution in [1.29, 1.82) is 0 Å². The maximum atomic E-state index is 4.75. The maximum absolute atomic E-state index is 4.75. The van der Waals surface area contributed by atoms with E-state index in [1.165, 1.54) is 4.88 Å². The summed E-state index contributed by atoms with van der Waals surface area (Å²) in [5.41, 5.74) is 1.88. The molecule has 0 fully saturated rings. The predicted molar refractivity (Wildman–Crippen MR) is 51.1 cm³/mol. The molecule has 1 radical (unpaired) electrons. The minimum absolute atomic E-state index is 0.604. The first-order valence-electron chi connectivity index (χ1n) is 4.10. The SMILES string of the molecule is [CH2]OCCCC(C)c1cncs1. The molecule has 0 N–H and O–H groups in total. The molecule has 67 valence electrons. The number of hydrogen-bond acceptors (Lipinski definition) is 3. The lowest BCUT2D eigenvalue weighted by Gasteiger charge is -2.06. The van der Waals surface area contributed by atoms with Crippen LogP contribution in [0.25, 0.3) is 0 Å². The van der Waals surface area contributed by atoms with E-state index in [-0.39, 0.29) is 0 Å². The van der Waals surface area contributed by atoms with Crippen LogP contribution in [0.1, 0.15) is 30.6 Å². The van der Waals surface area contributed by atoms with E-state index in [0.29, 0.717) is 5.92 Å². The highest BCUT2D eigenvalue weighted by molar-refractivity contribution is 7.09. The van der Waals surface area contributed by atoms with Crippen LogP contribution >= 0.6 is 11.3 Å². The summed E-state index contributed by atoms with van der Waals surface area (Å²) in [6.45, 7) is 2.97. The van der Waals surface area contributed by atoms with Crippen molar-refractivity contribution in [3.8, 4) is 0 Å². The van der Waals surface area contributed by atoms with Gasteiger partial charge in [-0.05, 0) is 18.8 Å². The van der Waals surface area contributed by atoms with E-state index in [1.807, 2.05) is 11.7 Å². The number of thiazole rings is 1. The first-order chi connectivity index (χ1) is 5.84. The Morgan fingerprint density at radius 3 is 3.17 bits per heavy atom. The second kappa shape index (κ2) is 5.27. The number of aromatic nitrogens is 1.